The van der Waals surface area contributed by atoms with E-state index < -0.39 is 0 Å². The van der Waals surface area contributed by atoms with Crippen LogP contribution in [0.15, 0.2) is 9.22 Å². The largest absolute Gasteiger partial charge is 0.416 e. The second-order valence-electron chi connectivity index (χ2n) is 3.63. The van der Waals surface area contributed by atoms with Crippen LogP contribution in [0.25, 0.3) is 0 Å². The molecule has 0 saturated carbocycles. The Morgan fingerprint density at radius 3 is 3.00 bits per heavy atom. The molecule has 0 aromatic carbocycles. The van der Waals surface area contributed by atoms with Crippen LogP contribution in [-0.4, -0.2) is 22.8 Å². The normalized spacial score (nSPS) is 22.5. The first-order chi connectivity index (χ1) is 6.84. The highest BCUT2D eigenvalue weighted by Crippen LogP contribution is 2.14. The summed E-state index contributed by atoms with van der Waals surface area (Å²) in [5.41, 5.74) is 0. The van der Waals surface area contributed by atoms with Gasteiger partial charge in [-0.15, -0.1) is 10.2 Å². The highest BCUT2D eigenvalue weighted by Gasteiger charge is 2.13. The summed E-state index contributed by atoms with van der Waals surface area (Å²) in [5, 5.41) is 11.2. The van der Waals surface area contributed by atoms with Gasteiger partial charge < -0.3 is 9.73 Å². The van der Waals surface area contributed by atoms with Crippen molar-refractivity contribution >= 4 is 15.9 Å². The van der Waals surface area contributed by atoms with E-state index >= 15 is 0 Å². The highest BCUT2D eigenvalue weighted by molar-refractivity contribution is 9.10. The van der Waals surface area contributed by atoms with Crippen LogP contribution >= 0.6 is 15.9 Å². The van der Waals surface area contributed by atoms with Crippen LogP contribution in [-0.2, 0) is 6.42 Å². The zero-order valence-electron chi connectivity index (χ0n) is 8.00. The molecule has 1 aliphatic heterocycles. The Balaban J connectivity index is 1.76. The van der Waals surface area contributed by atoms with Gasteiger partial charge in [0, 0.05) is 28.4 Å². The molecule has 0 radical (unpaired) electrons. The summed E-state index contributed by atoms with van der Waals surface area (Å²) in [6, 6.07) is 0.634. The molecule has 1 fully saturated rings. The maximum atomic E-state index is 5.24. The molecule has 1 atom stereocenters. The lowest BCUT2D eigenvalue weighted by molar-refractivity contribution is 0.366. The summed E-state index contributed by atoms with van der Waals surface area (Å²) in [4.78, 5) is 0.476. The van der Waals surface area contributed by atoms with Gasteiger partial charge in [0.25, 0.3) is 4.80 Å². The van der Waals surface area contributed by atoms with Gasteiger partial charge >= 0.3 is 0 Å². The van der Waals surface area contributed by atoms with Crippen LogP contribution in [0.4, 0.5) is 0 Å². The number of aromatic nitrogens is 2. The first-order valence-corrected chi connectivity index (χ1v) is 5.85. The number of nitrogens with zero attached hydrogens (tertiary/aromatic N) is 2. The number of nitrogens with one attached hydrogen (secondary N) is 1. The van der Waals surface area contributed by atoms with Gasteiger partial charge in [-0.3, -0.25) is 0 Å². The molecule has 5 heteroatoms. The van der Waals surface area contributed by atoms with Crippen molar-refractivity contribution in [3.63, 3.8) is 0 Å². The van der Waals surface area contributed by atoms with E-state index in [1.807, 2.05) is 0 Å². The average Bonchev–Trinajstić information content (AvgIpc) is 2.63. The first kappa shape index (κ1) is 10.1. The minimum absolute atomic E-state index is 0.476. The van der Waals surface area contributed by atoms with Gasteiger partial charge in [-0.05, 0) is 25.8 Å². The fourth-order valence-electron chi connectivity index (χ4n) is 1.80. The Hall–Kier alpha value is -0.420. The fourth-order valence-corrected chi connectivity index (χ4v) is 2.07. The van der Waals surface area contributed by atoms with Crippen LogP contribution in [0.2, 0.25) is 0 Å². The summed E-state index contributed by atoms with van der Waals surface area (Å²) in [7, 11) is 0. The minimum Gasteiger partial charge on any atom is -0.416 e. The standard InChI is InChI=1S/C9H14BrN3O/c10-9-13-12-8(14-9)5-4-7-3-1-2-6-11-7/h7,11H,1-6H2. The molecule has 1 unspecified atom stereocenters. The third-order valence-electron chi connectivity index (χ3n) is 2.56. The van der Waals surface area contributed by atoms with Crippen molar-refractivity contribution in [2.75, 3.05) is 6.54 Å². The van der Waals surface area contributed by atoms with Crippen molar-refractivity contribution in [3.05, 3.63) is 10.7 Å². The number of hydrogen-bond donors (Lipinski definition) is 1. The van der Waals surface area contributed by atoms with E-state index in [2.05, 4.69) is 31.4 Å². The maximum Gasteiger partial charge on any atom is 0.284 e. The molecular formula is C9H14BrN3O. The Morgan fingerprint density at radius 1 is 1.43 bits per heavy atom. The van der Waals surface area contributed by atoms with Crippen molar-refractivity contribution in [2.24, 2.45) is 0 Å². The SMILES string of the molecule is Brc1nnc(CCC2CCCCN2)o1. The van der Waals surface area contributed by atoms with E-state index in [0.717, 1.165) is 25.3 Å². The van der Waals surface area contributed by atoms with Crippen molar-refractivity contribution in [2.45, 2.75) is 38.1 Å². The van der Waals surface area contributed by atoms with E-state index in [1.165, 1.54) is 19.3 Å². The smallest absolute Gasteiger partial charge is 0.284 e. The molecule has 0 aliphatic carbocycles. The number of hydrogen-bond acceptors (Lipinski definition) is 4. The lowest BCUT2D eigenvalue weighted by Crippen LogP contribution is -2.34. The molecule has 4 nitrogen and oxygen atoms in total. The molecule has 78 valence electrons. The molecule has 14 heavy (non-hydrogen) atoms. The first-order valence-electron chi connectivity index (χ1n) is 5.06. The lowest BCUT2D eigenvalue weighted by atomic mass is 10.0. The van der Waals surface area contributed by atoms with Crippen LogP contribution in [0, 0.1) is 0 Å². The van der Waals surface area contributed by atoms with Gasteiger partial charge in [0.2, 0.25) is 5.89 Å². The predicted molar refractivity (Wildman–Crippen MR) is 56.0 cm³/mol. The lowest BCUT2D eigenvalue weighted by Gasteiger charge is -2.22. The van der Waals surface area contributed by atoms with Crippen molar-refractivity contribution < 1.29 is 4.42 Å². The van der Waals surface area contributed by atoms with Crippen molar-refractivity contribution in [1.29, 1.82) is 0 Å². The monoisotopic (exact) mass is 259 g/mol. The molecule has 1 aliphatic rings. The Kier molecular flexibility index (Phi) is 3.53. The quantitative estimate of drug-likeness (QED) is 0.901. The molecule has 2 heterocycles. The van der Waals surface area contributed by atoms with Gasteiger partial charge in [0.1, 0.15) is 0 Å². The second-order valence-corrected chi connectivity index (χ2v) is 4.31. The Morgan fingerprint density at radius 2 is 2.36 bits per heavy atom. The molecule has 0 amide bonds. The fraction of sp³-hybridized carbons (Fsp3) is 0.778. The minimum atomic E-state index is 0.476. The molecule has 1 N–H and O–H groups in total. The molecular weight excluding hydrogens is 246 g/mol. The molecule has 0 bridgehead atoms. The van der Waals surface area contributed by atoms with E-state index in [4.69, 9.17) is 4.42 Å². The molecule has 1 aromatic heterocycles. The van der Waals surface area contributed by atoms with E-state index in [-0.39, 0.29) is 0 Å². The summed E-state index contributed by atoms with van der Waals surface area (Å²) in [6.07, 6.45) is 5.88. The number of halogens is 1. The van der Waals surface area contributed by atoms with Gasteiger partial charge in [-0.1, -0.05) is 6.42 Å². The number of rotatable bonds is 3. The van der Waals surface area contributed by atoms with E-state index in [1.54, 1.807) is 0 Å². The van der Waals surface area contributed by atoms with Crippen LogP contribution in [0.1, 0.15) is 31.6 Å². The van der Waals surface area contributed by atoms with Crippen LogP contribution in [0.3, 0.4) is 0 Å². The van der Waals surface area contributed by atoms with Gasteiger partial charge in [0.05, 0.1) is 0 Å². The Labute approximate surface area is 91.6 Å². The summed E-state index contributed by atoms with van der Waals surface area (Å²) < 4.78 is 5.24. The molecule has 1 saturated heterocycles. The maximum absolute atomic E-state index is 5.24. The topological polar surface area (TPSA) is 51.0 Å². The van der Waals surface area contributed by atoms with Crippen molar-refractivity contribution in [1.82, 2.24) is 15.5 Å². The van der Waals surface area contributed by atoms with Crippen molar-refractivity contribution in [3.8, 4) is 0 Å². The van der Waals surface area contributed by atoms with Crippen LogP contribution < -0.4 is 5.32 Å². The molecule has 0 spiro atoms. The van der Waals surface area contributed by atoms with Gasteiger partial charge in [-0.2, -0.15) is 0 Å². The third-order valence-corrected chi connectivity index (χ3v) is 2.88. The number of aryl methyl sites for hydroxylation is 1. The van der Waals surface area contributed by atoms with Gasteiger partial charge in [0.15, 0.2) is 0 Å². The second kappa shape index (κ2) is 4.89. The van der Waals surface area contributed by atoms with Gasteiger partial charge in [-0.25, -0.2) is 0 Å². The van der Waals surface area contributed by atoms with Crippen LogP contribution in [0.5, 0.6) is 0 Å². The average molecular weight is 260 g/mol. The zero-order valence-corrected chi connectivity index (χ0v) is 9.59. The molecule has 2 rings (SSSR count). The summed E-state index contributed by atoms with van der Waals surface area (Å²) >= 11 is 3.14. The number of piperidine rings is 1. The summed E-state index contributed by atoms with van der Waals surface area (Å²) in [5.74, 6) is 0.726. The van der Waals surface area contributed by atoms with E-state index in [9.17, 15) is 0 Å². The van der Waals surface area contributed by atoms with E-state index in [0.29, 0.717) is 10.8 Å². The predicted octanol–water partition coefficient (Wildman–Crippen LogP) is 1.91. The molecule has 1 aromatic rings. The third kappa shape index (κ3) is 2.78. The zero-order chi connectivity index (χ0) is 9.80. The Bertz CT molecular complexity index is 283. The summed E-state index contributed by atoms with van der Waals surface area (Å²) in [6.45, 7) is 1.15. The highest BCUT2D eigenvalue weighted by atomic mass is 79.9.